The molecule has 2 heterocycles. The molecule has 2 aromatic rings. The molecule has 11 nitrogen and oxygen atoms in total. The van der Waals surface area contributed by atoms with Crippen LogP contribution in [-0.2, 0) is 19.2 Å². The summed E-state index contributed by atoms with van der Waals surface area (Å²) in [5, 5.41) is 11.1. The van der Waals surface area contributed by atoms with E-state index in [-0.39, 0.29) is 71.5 Å². The molecule has 0 unspecified atom stereocenters. The number of carbonyl (C=O) groups is 4. The van der Waals surface area contributed by atoms with Crippen LogP contribution >= 0.6 is 0 Å². The first-order chi connectivity index (χ1) is 18.7. The number of hydrogen-bond donors (Lipinski definition) is 0. The van der Waals surface area contributed by atoms with Gasteiger partial charge in [-0.15, -0.1) is 0 Å². The maximum atomic E-state index is 13.2. The molecule has 11 heteroatoms. The summed E-state index contributed by atoms with van der Waals surface area (Å²) in [4.78, 5) is 65.1. The molecule has 0 spiro atoms. The molecule has 0 radical (unpaired) electrons. The molecule has 39 heavy (non-hydrogen) atoms. The van der Waals surface area contributed by atoms with Gasteiger partial charge in [-0.25, -0.2) is 4.90 Å². The summed E-state index contributed by atoms with van der Waals surface area (Å²) >= 11 is 0. The van der Waals surface area contributed by atoms with Gasteiger partial charge in [0, 0.05) is 19.0 Å². The maximum Gasteiger partial charge on any atom is 0.316 e. The van der Waals surface area contributed by atoms with Crippen LogP contribution in [0.4, 0.5) is 17.1 Å². The molecule has 5 atom stereocenters. The number of benzene rings is 2. The highest BCUT2D eigenvalue weighted by atomic mass is 16.6. The van der Waals surface area contributed by atoms with Gasteiger partial charge in [-0.05, 0) is 55.0 Å². The molecule has 2 saturated heterocycles. The number of carbonyl (C=O) groups excluding carboxylic acids is 4. The minimum Gasteiger partial charge on any atom is -0.494 e. The smallest absolute Gasteiger partial charge is 0.316 e. The zero-order valence-electron chi connectivity index (χ0n) is 21.2. The third-order valence-electron chi connectivity index (χ3n) is 8.22. The summed E-state index contributed by atoms with van der Waals surface area (Å²) < 4.78 is 10.8. The number of anilines is 2. The molecule has 2 bridgehead atoms. The van der Waals surface area contributed by atoms with E-state index in [1.165, 1.54) is 41.2 Å². The van der Waals surface area contributed by atoms with Crippen molar-refractivity contribution in [2.75, 3.05) is 23.5 Å². The number of non-ortho nitro benzene ring substituents is 1. The fourth-order valence-corrected chi connectivity index (χ4v) is 6.38. The van der Waals surface area contributed by atoms with Crippen molar-refractivity contribution in [1.29, 1.82) is 0 Å². The van der Waals surface area contributed by atoms with Crippen LogP contribution in [0, 0.1) is 46.6 Å². The van der Waals surface area contributed by atoms with Crippen molar-refractivity contribution in [3.63, 3.8) is 0 Å². The summed E-state index contributed by atoms with van der Waals surface area (Å²) in [6.45, 7) is 1.77. The zero-order valence-corrected chi connectivity index (χ0v) is 21.2. The summed E-state index contributed by atoms with van der Waals surface area (Å²) in [5.41, 5.74) is 1.24. The highest BCUT2D eigenvalue weighted by molar-refractivity contribution is 6.23. The molecule has 6 rings (SSSR count). The highest BCUT2D eigenvalue weighted by Gasteiger charge is 2.59. The van der Waals surface area contributed by atoms with Gasteiger partial charge < -0.3 is 14.4 Å². The Morgan fingerprint density at radius 3 is 2.28 bits per heavy atom. The SMILES string of the molecule is COc1cc([N+](=O)[O-])ccc1N1C[C@@H](C(=O)Oc2ccc(N3C(=O)[C@@H]4[C@H](C3=O)[C@H]3C=C[C@H]4C3)c(C)c2)CC1=O. The van der Waals surface area contributed by atoms with Crippen LogP contribution in [0.5, 0.6) is 11.5 Å². The first-order valence-electron chi connectivity index (χ1n) is 12.7. The van der Waals surface area contributed by atoms with Gasteiger partial charge in [0.05, 0.1) is 47.2 Å². The minimum atomic E-state index is -0.763. The van der Waals surface area contributed by atoms with E-state index in [0.29, 0.717) is 16.9 Å². The average Bonchev–Trinajstić information content (AvgIpc) is 3.68. The molecule has 1 saturated carbocycles. The van der Waals surface area contributed by atoms with Crippen molar-refractivity contribution in [2.45, 2.75) is 19.8 Å². The van der Waals surface area contributed by atoms with E-state index >= 15 is 0 Å². The van der Waals surface area contributed by atoms with E-state index in [9.17, 15) is 29.3 Å². The van der Waals surface area contributed by atoms with E-state index in [1.807, 2.05) is 12.2 Å². The quantitative estimate of drug-likeness (QED) is 0.138. The number of aryl methyl sites for hydroxylation is 1. The maximum absolute atomic E-state index is 13.2. The lowest BCUT2D eigenvalue weighted by Crippen LogP contribution is -2.33. The molecule has 4 aliphatic rings. The van der Waals surface area contributed by atoms with Crippen molar-refractivity contribution >= 4 is 40.8 Å². The molecule has 3 fully saturated rings. The van der Waals surface area contributed by atoms with E-state index in [0.717, 1.165) is 6.42 Å². The van der Waals surface area contributed by atoms with Crippen LogP contribution in [0.3, 0.4) is 0 Å². The summed E-state index contributed by atoms with van der Waals surface area (Å²) in [6, 6.07) is 8.66. The predicted molar refractivity (Wildman–Crippen MR) is 137 cm³/mol. The second-order valence-electron chi connectivity index (χ2n) is 10.4. The average molecular weight is 532 g/mol. The number of hydrogen-bond acceptors (Lipinski definition) is 8. The molecular weight excluding hydrogens is 506 g/mol. The van der Waals surface area contributed by atoms with E-state index in [1.54, 1.807) is 19.1 Å². The zero-order chi connectivity index (χ0) is 27.6. The number of amides is 3. The van der Waals surface area contributed by atoms with Crippen LogP contribution in [0.25, 0.3) is 0 Å². The van der Waals surface area contributed by atoms with Crippen LogP contribution in [0.15, 0.2) is 48.6 Å². The van der Waals surface area contributed by atoms with Crippen molar-refractivity contribution < 1.29 is 33.6 Å². The lowest BCUT2D eigenvalue weighted by molar-refractivity contribution is -0.384. The Balaban J connectivity index is 1.15. The topological polar surface area (TPSA) is 136 Å². The second kappa shape index (κ2) is 9.04. The fraction of sp³-hybridized carbons (Fsp3) is 0.357. The third-order valence-corrected chi connectivity index (χ3v) is 8.22. The van der Waals surface area contributed by atoms with Crippen molar-refractivity contribution in [1.82, 2.24) is 0 Å². The molecule has 0 N–H and O–H groups in total. The lowest BCUT2D eigenvalue weighted by Gasteiger charge is -2.20. The molecule has 0 aromatic heterocycles. The Morgan fingerprint density at radius 2 is 1.67 bits per heavy atom. The van der Waals surface area contributed by atoms with E-state index in [2.05, 4.69) is 0 Å². The molecular formula is C28H25N3O8. The van der Waals surface area contributed by atoms with Crippen LogP contribution in [0.2, 0.25) is 0 Å². The number of allylic oxidation sites excluding steroid dienone is 2. The van der Waals surface area contributed by atoms with E-state index < -0.39 is 16.8 Å². The molecule has 2 aliphatic carbocycles. The molecule has 2 aromatic carbocycles. The lowest BCUT2D eigenvalue weighted by atomic mass is 9.85. The number of fused-ring (bicyclic) bond motifs is 5. The largest absolute Gasteiger partial charge is 0.494 e. The first-order valence-corrected chi connectivity index (χ1v) is 12.7. The normalized spacial score (nSPS) is 26.9. The van der Waals surface area contributed by atoms with Crippen molar-refractivity contribution in [3.8, 4) is 11.5 Å². The molecule has 3 amide bonds. The van der Waals surface area contributed by atoms with Crippen LogP contribution in [-0.4, -0.2) is 42.3 Å². The van der Waals surface area contributed by atoms with Gasteiger partial charge in [0.2, 0.25) is 17.7 Å². The Hall–Kier alpha value is -4.54. The van der Waals surface area contributed by atoms with Gasteiger partial charge in [0.15, 0.2) is 0 Å². The first kappa shape index (κ1) is 24.8. The Labute approximate surface area is 223 Å². The van der Waals surface area contributed by atoms with Gasteiger partial charge in [0.1, 0.15) is 11.5 Å². The predicted octanol–water partition coefficient (Wildman–Crippen LogP) is 3.18. The van der Waals surface area contributed by atoms with Gasteiger partial charge in [-0.1, -0.05) is 12.2 Å². The number of methoxy groups -OCH3 is 1. The summed E-state index contributed by atoms with van der Waals surface area (Å²) in [7, 11) is 1.34. The molecule has 2 aliphatic heterocycles. The van der Waals surface area contributed by atoms with Crippen LogP contribution < -0.4 is 19.3 Å². The standard InChI is InChI=1S/C28H25N3O8/c1-14-9-19(6-8-20(14)30-26(33)24-15-3-4-16(10-15)25(24)27(30)34)39-28(35)17-11-23(32)29(13-17)21-7-5-18(31(36)37)12-22(21)38-2/h3-9,12,15-17,24-25H,10-11,13H2,1-2H3/t15-,16-,17-,24-,25+/m0/s1. The Bertz CT molecular complexity index is 1450. The van der Waals surface area contributed by atoms with Gasteiger partial charge in [-0.2, -0.15) is 0 Å². The Kier molecular flexibility index (Phi) is 5.74. The number of nitro groups is 1. The number of nitro benzene ring substituents is 1. The number of nitrogens with zero attached hydrogens (tertiary/aromatic N) is 3. The Morgan fingerprint density at radius 1 is 1.00 bits per heavy atom. The van der Waals surface area contributed by atoms with E-state index in [4.69, 9.17) is 9.47 Å². The number of rotatable bonds is 6. The highest BCUT2D eigenvalue weighted by Crippen LogP contribution is 2.53. The monoisotopic (exact) mass is 531 g/mol. The minimum absolute atomic E-state index is 0.0266. The summed E-state index contributed by atoms with van der Waals surface area (Å²) in [5.74, 6) is -2.06. The second-order valence-corrected chi connectivity index (χ2v) is 10.4. The van der Waals surface area contributed by atoms with Gasteiger partial charge in [-0.3, -0.25) is 29.3 Å². The number of esters is 1. The van der Waals surface area contributed by atoms with Crippen LogP contribution in [0.1, 0.15) is 18.4 Å². The third kappa shape index (κ3) is 3.87. The molecule has 200 valence electrons. The van der Waals surface area contributed by atoms with Crippen molar-refractivity contribution in [3.05, 3.63) is 64.2 Å². The van der Waals surface area contributed by atoms with Gasteiger partial charge >= 0.3 is 5.97 Å². The summed E-state index contributed by atoms with van der Waals surface area (Å²) in [6.07, 6.45) is 4.85. The fourth-order valence-electron chi connectivity index (χ4n) is 6.38. The number of imide groups is 1. The van der Waals surface area contributed by atoms with Crippen molar-refractivity contribution in [2.24, 2.45) is 29.6 Å². The number of ether oxygens (including phenoxy) is 2. The van der Waals surface area contributed by atoms with Gasteiger partial charge in [0.25, 0.3) is 5.69 Å².